The van der Waals surface area contributed by atoms with Crippen LogP contribution in [0.3, 0.4) is 0 Å². The smallest absolute Gasteiger partial charge is 0.482 e. The van der Waals surface area contributed by atoms with Crippen LogP contribution in [0.25, 0.3) is 17.6 Å². The van der Waals surface area contributed by atoms with Crippen molar-refractivity contribution in [1.82, 2.24) is 0 Å². The fourth-order valence-electron chi connectivity index (χ4n) is 11.4. The third-order valence-corrected chi connectivity index (χ3v) is 17.8. The maximum absolute atomic E-state index is 15.8. The number of allylic oxidation sites excluding steroid dienone is 5. The monoisotopic (exact) mass is 1010 g/mol. The maximum Gasteiger partial charge on any atom is 0.536 e. The Morgan fingerprint density at radius 2 is 1.55 bits per heavy atom. The van der Waals surface area contributed by atoms with Crippen LogP contribution in [-0.2, 0) is 52.5 Å². The zero-order valence-corrected chi connectivity index (χ0v) is 42.0. The molecule has 4 aliphatic carbocycles. The molecule has 3 saturated carbocycles. The van der Waals surface area contributed by atoms with E-state index < -0.39 is 75.3 Å². The van der Waals surface area contributed by atoms with Crippen molar-refractivity contribution in [2.75, 3.05) is 7.11 Å². The van der Waals surface area contributed by atoms with Crippen LogP contribution in [0, 0.1) is 17.8 Å². The number of esters is 1. The Labute approximate surface area is 398 Å². The number of ether oxygens (including phenoxy) is 5. The van der Waals surface area contributed by atoms with Gasteiger partial charge in [-0.15, -0.1) is 0 Å². The average molecular weight is 1010 g/mol. The number of Topliss-reactive ketones (excluding diaryl/α,β-unsaturated/α-hetero) is 2. The van der Waals surface area contributed by atoms with E-state index in [2.05, 4.69) is 8.62 Å². The molecule has 4 N–H and O–H groups in total. The number of phosphoric ester groups is 1. The predicted molar refractivity (Wildman–Crippen MR) is 248 cm³/mol. The van der Waals surface area contributed by atoms with Gasteiger partial charge in [-0.1, -0.05) is 53.6 Å². The van der Waals surface area contributed by atoms with Gasteiger partial charge in [-0.05, 0) is 93.2 Å². The van der Waals surface area contributed by atoms with E-state index in [0.29, 0.717) is 35.1 Å². The highest BCUT2D eigenvalue weighted by molar-refractivity contribution is 7.66. The van der Waals surface area contributed by atoms with Crippen molar-refractivity contribution >= 4 is 58.6 Å². The molecule has 18 nitrogen and oxygen atoms in total. The first-order chi connectivity index (χ1) is 32.1. The van der Waals surface area contributed by atoms with Crippen LogP contribution in [-0.4, -0.2) is 66.6 Å². The van der Waals surface area contributed by atoms with Crippen LogP contribution in [0.5, 0.6) is 17.2 Å². The van der Waals surface area contributed by atoms with Crippen molar-refractivity contribution in [2.24, 2.45) is 17.8 Å². The molecule has 8 unspecified atom stereocenters. The highest BCUT2D eigenvalue weighted by Gasteiger charge is 2.84. The molecule has 4 aliphatic heterocycles. The van der Waals surface area contributed by atoms with E-state index >= 15 is 4.79 Å². The number of benzene rings is 2. The molecule has 0 aromatic heterocycles. The molecule has 69 heavy (non-hydrogen) atoms. The van der Waals surface area contributed by atoms with E-state index in [9.17, 15) is 42.9 Å². The minimum absolute atomic E-state index is 0.0190. The minimum atomic E-state index is -6.05. The van der Waals surface area contributed by atoms with Gasteiger partial charge in [0.25, 0.3) is 0 Å². The van der Waals surface area contributed by atoms with Crippen molar-refractivity contribution in [3.05, 3.63) is 104 Å². The number of carbonyl (C=O) groups is 3. The summed E-state index contributed by atoms with van der Waals surface area (Å²) in [5.41, 5.74) is -2.26. The summed E-state index contributed by atoms with van der Waals surface area (Å²) in [5.74, 6) is -4.42. The topological polar surface area (TPSA) is 257 Å². The second kappa shape index (κ2) is 16.4. The van der Waals surface area contributed by atoms with Crippen LogP contribution in [0.15, 0.2) is 76.4 Å². The van der Waals surface area contributed by atoms with Crippen molar-refractivity contribution in [1.29, 1.82) is 0 Å². The lowest BCUT2D eigenvalue weighted by molar-refractivity contribution is -0.181. The van der Waals surface area contributed by atoms with E-state index in [1.807, 2.05) is 60.6 Å². The molecule has 8 aliphatic rings. The molecule has 4 heterocycles. The molecular formula is C48H53O18P3. The van der Waals surface area contributed by atoms with Gasteiger partial charge in [0.1, 0.15) is 34.2 Å². The van der Waals surface area contributed by atoms with Crippen molar-refractivity contribution < 1.29 is 84.5 Å². The van der Waals surface area contributed by atoms with Gasteiger partial charge < -0.3 is 42.9 Å². The highest BCUT2D eigenvalue weighted by Crippen LogP contribution is 2.76. The summed E-state index contributed by atoms with van der Waals surface area (Å²) in [7, 11) is -16.6. The summed E-state index contributed by atoms with van der Waals surface area (Å²) in [6.07, 6.45) is 9.93. The lowest BCUT2D eigenvalue weighted by Crippen LogP contribution is -2.75. The summed E-state index contributed by atoms with van der Waals surface area (Å²) >= 11 is 0. The minimum Gasteiger partial charge on any atom is -0.482 e. The molecule has 1 saturated heterocycles. The number of hydrogen-bond acceptors (Lipinski definition) is 14. The van der Waals surface area contributed by atoms with Gasteiger partial charge in [-0.2, -0.15) is 8.62 Å². The van der Waals surface area contributed by atoms with Crippen molar-refractivity contribution in [3.8, 4) is 17.2 Å². The molecule has 21 heteroatoms. The molecule has 1 spiro atoms. The molecule has 368 valence electrons. The van der Waals surface area contributed by atoms with Crippen molar-refractivity contribution in [3.63, 3.8) is 0 Å². The van der Waals surface area contributed by atoms with Crippen LogP contribution in [0.4, 0.5) is 0 Å². The number of phosphoric acid groups is 3. The van der Waals surface area contributed by atoms with Gasteiger partial charge in [0.2, 0.25) is 0 Å². The van der Waals surface area contributed by atoms with E-state index in [0.717, 1.165) is 11.1 Å². The zero-order chi connectivity index (χ0) is 50.2. The summed E-state index contributed by atoms with van der Waals surface area (Å²) in [6.45, 7) is 14.7. The Morgan fingerprint density at radius 1 is 0.870 bits per heavy atom. The van der Waals surface area contributed by atoms with E-state index in [1.54, 1.807) is 49.4 Å². The van der Waals surface area contributed by atoms with Gasteiger partial charge in [0.15, 0.2) is 28.5 Å². The number of ketones is 2. The Balaban J connectivity index is 1.39. The normalized spacial score (nSPS) is 29.2. The van der Waals surface area contributed by atoms with Crippen LogP contribution >= 0.6 is 23.5 Å². The maximum atomic E-state index is 15.8. The number of carbonyl (C=O) groups excluding carboxylic acids is 3. The van der Waals surface area contributed by atoms with Gasteiger partial charge in [-0.3, -0.25) is 14.5 Å². The Bertz CT molecular complexity index is 3010. The Morgan fingerprint density at radius 3 is 2.20 bits per heavy atom. The SMILES string of the molecule is COC(=O)C(C)=CCC12OC(C)(C)C3CC(C1=O)C1C4=C(OC5=C1C32Oc1c(CC=C(C)C)c2c(c(OP(=O)(O)OP(=O)(O)OP(=O)(O)O)c15)C=CC(C)(CCC=C(C)C)O2)c1ccccc1C4=O. The van der Waals surface area contributed by atoms with Gasteiger partial charge >= 0.3 is 29.4 Å². The molecule has 10 rings (SSSR count). The number of fused-ring (bicyclic) bond motifs is 5. The molecule has 8 atom stereocenters. The van der Waals surface area contributed by atoms with E-state index in [4.69, 9.17) is 28.2 Å². The van der Waals surface area contributed by atoms with E-state index in [-0.39, 0.29) is 76.1 Å². The summed E-state index contributed by atoms with van der Waals surface area (Å²) in [4.78, 5) is 83.9. The first kappa shape index (κ1) is 49.3. The average Bonchev–Trinajstić information content (AvgIpc) is 3.59. The van der Waals surface area contributed by atoms with Crippen molar-refractivity contribution in [2.45, 2.75) is 110 Å². The standard InChI is InChI=1S/C48H53O18P3/c1-24(2)13-12-20-46(8)21-19-30-38(61-46)29(17-16-25(3)4)40-35(41(30)63-68(55,56)66-69(57,58)65-67(52,53)54)42-36-33(34-37(49)27-14-10-11-15-28(27)39(34)60-42)31-23-32-45(6,7)64-47(43(31)50,48(32,36)62-40)22-18-26(5)44(51)59-9/h10-11,13-16,18-19,21,31-33H,12,17,20,22-23H2,1-9H3,(H,55,56)(H,57,58)(H2,52,53,54). The second-order valence-corrected chi connectivity index (χ2v) is 24.0. The molecule has 4 fully saturated rings. The molecule has 0 radical (unpaired) electrons. The first-order valence-electron chi connectivity index (χ1n) is 22.3. The Kier molecular flexibility index (Phi) is 11.7. The summed E-state index contributed by atoms with van der Waals surface area (Å²) < 4.78 is 86.8. The third kappa shape index (κ3) is 7.83. The fourth-order valence-corrected chi connectivity index (χ4v) is 14.4. The molecule has 2 aromatic rings. The van der Waals surface area contributed by atoms with Gasteiger partial charge in [-0.25, -0.2) is 18.5 Å². The zero-order valence-electron chi connectivity index (χ0n) is 39.3. The van der Waals surface area contributed by atoms with Crippen LogP contribution in [0.1, 0.15) is 114 Å². The highest BCUT2D eigenvalue weighted by atomic mass is 31.3. The fraction of sp³-hybridized carbons (Fsp3) is 0.438. The lowest BCUT2D eigenvalue weighted by Gasteiger charge is -2.62. The molecule has 2 aromatic carbocycles. The number of rotatable bonds is 14. The summed E-state index contributed by atoms with van der Waals surface area (Å²) in [6, 6.07) is 6.76. The molecule has 0 amide bonds. The largest absolute Gasteiger partial charge is 0.536 e. The molecule has 4 bridgehead atoms. The van der Waals surface area contributed by atoms with Crippen LogP contribution < -0.4 is 14.0 Å². The summed E-state index contributed by atoms with van der Waals surface area (Å²) in [5, 5.41) is 0. The number of hydrogen-bond donors (Lipinski definition) is 4. The molecular weight excluding hydrogens is 957 g/mol. The van der Waals surface area contributed by atoms with Gasteiger partial charge in [0.05, 0.1) is 23.8 Å². The predicted octanol–water partition coefficient (Wildman–Crippen LogP) is 9.18. The van der Waals surface area contributed by atoms with Crippen LogP contribution in [0.2, 0.25) is 0 Å². The van der Waals surface area contributed by atoms with E-state index in [1.165, 1.54) is 7.11 Å². The quantitative estimate of drug-likeness (QED) is 0.0595. The first-order valence-corrected chi connectivity index (χ1v) is 26.8. The number of methoxy groups -OCH3 is 1. The lowest BCUT2D eigenvalue weighted by atomic mass is 9.45. The van der Waals surface area contributed by atoms with Gasteiger partial charge in [0, 0.05) is 52.0 Å². The second-order valence-electron chi connectivity index (χ2n) is 19.6. The third-order valence-electron chi connectivity index (χ3n) is 14.0. The Hall–Kier alpha value is -4.70.